The minimum atomic E-state index is 0.496. The Morgan fingerprint density at radius 1 is 0.826 bits per heavy atom. The van der Waals surface area contributed by atoms with Crippen molar-refractivity contribution in [3.05, 3.63) is 0 Å². The summed E-state index contributed by atoms with van der Waals surface area (Å²) in [5.74, 6) is 5.87. The van der Waals surface area contributed by atoms with Gasteiger partial charge in [-0.25, -0.2) is 0 Å². The van der Waals surface area contributed by atoms with E-state index >= 15 is 0 Å². The third-order valence-electron chi connectivity index (χ3n) is 9.58. The number of hydrogen-bond acceptors (Lipinski definition) is 1. The highest BCUT2D eigenvalue weighted by atomic mass is 14.7. The van der Waals surface area contributed by atoms with Gasteiger partial charge in [0.25, 0.3) is 0 Å². The number of rotatable bonds is 1. The maximum atomic E-state index is 6.33. The summed E-state index contributed by atoms with van der Waals surface area (Å²) in [4.78, 5) is 0. The van der Waals surface area contributed by atoms with Crippen LogP contribution in [0.2, 0.25) is 0 Å². The van der Waals surface area contributed by atoms with E-state index in [1.54, 1.807) is 0 Å². The quantitative estimate of drug-likeness (QED) is 0.666. The van der Waals surface area contributed by atoms with Crippen LogP contribution < -0.4 is 5.73 Å². The van der Waals surface area contributed by atoms with Gasteiger partial charge < -0.3 is 5.73 Å². The Labute approximate surface area is 144 Å². The summed E-state index contributed by atoms with van der Waals surface area (Å²) in [6.45, 7) is 10.3. The van der Waals surface area contributed by atoms with Gasteiger partial charge >= 0.3 is 0 Å². The van der Waals surface area contributed by atoms with Crippen LogP contribution in [0.1, 0.15) is 85.5 Å². The second-order valence-electron chi connectivity index (χ2n) is 10.7. The van der Waals surface area contributed by atoms with Gasteiger partial charge in [-0.1, -0.05) is 27.7 Å². The molecule has 4 fully saturated rings. The standard InChI is InChI=1S/C22H39N/c1-14(2)18-7-8-19-17-6-5-15-13-16(23)9-11-21(15,3)20(17)10-12-22(18,19)4/h14-20H,5-13,23H2,1-4H3/t15-,16?,17?,18?,19?,20?,21?,22?/m0/s1. The van der Waals surface area contributed by atoms with Crippen LogP contribution >= 0.6 is 0 Å². The van der Waals surface area contributed by atoms with Crippen LogP contribution in [0.25, 0.3) is 0 Å². The first kappa shape index (κ1) is 16.4. The van der Waals surface area contributed by atoms with Crippen LogP contribution in [0, 0.1) is 46.3 Å². The Bertz CT molecular complexity index is 457. The molecule has 132 valence electrons. The highest BCUT2D eigenvalue weighted by Crippen LogP contribution is 2.68. The van der Waals surface area contributed by atoms with Gasteiger partial charge in [0.1, 0.15) is 0 Å². The Morgan fingerprint density at radius 2 is 1.52 bits per heavy atom. The Kier molecular flexibility index (Phi) is 3.91. The summed E-state index contributed by atoms with van der Waals surface area (Å²) < 4.78 is 0. The van der Waals surface area contributed by atoms with Crippen LogP contribution in [0.5, 0.6) is 0 Å². The highest BCUT2D eigenvalue weighted by Gasteiger charge is 2.60. The molecule has 0 aromatic carbocycles. The van der Waals surface area contributed by atoms with E-state index in [2.05, 4.69) is 27.7 Å². The Hall–Kier alpha value is -0.0400. The van der Waals surface area contributed by atoms with Crippen LogP contribution in [0.4, 0.5) is 0 Å². The maximum absolute atomic E-state index is 6.33. The zero-order chi connectivity index (χ0) is 16.4. The van der Waals surface area contributed by atoms with Crippen molar-refractivity contribution in [2.45, 2.75) is 91.5 Å². The lowest BCUT2D eigenvalue weighted by Crippen LogP contribution is -2.54. The van der Waals surface area contributed by atoms with Crippen molar-refractivity contribution in [2.24, 2.45) is 52.1 Å². The molecule has 4 saturated carbocycles. The Morgan fingerprint density at radius 3 is 2.26 bits per heavy atom. The van der Waals surface area contributed by atoms with Crippen molar-refractivity contribution in [1.82, 2.24) is 0 Å². The van der Waals surface area contributed by atoms with Crippen LogP contribution in [0.15, 0.2) is 0 Å². The molecule has 0 aromatic heterocycles. The van der Waals surface area contributed by atoms with Gasteiger partial charge in [-0.15, -0.1) is 0 Å². The molecule has 4 rings (SSSR count). The molecule has 0 heterocycles. The van der Waals surface area contributed by atoms with Crippen LogP contribution in [-0.4, -0.2) is 6.04 Å². The molecule has 4 aliphatic rings. The fourth-order valence-corrected chi connectivity index (χ4v) is 8.43. The molecule has 4 aliphatic carbocycles. The van der Waals surface area contributed by atoms with Gasteiger partial charge in [-0.2, -0.15) is 0 Å². The third-order valence-corrected chi connectivity index (χ3v) is 9.58. The second-order valence-corrected chi connectivity index (χ2v) is 10.7. The van der Waals surface area contributed by atoms with Gasteiger partial charge in [0.05, 0.1) is 0 Å². The predicted octanol–water partition coefficient (Wildman–Crippen LogP) is 5.63. The van der Waals surface area contributed by atoms with E-state index in [0.717, 1.165) is 35.5 Å². The first-order valence-electron chi connectivity index (χ1n) is 10.6. The van der Waals surface area contributed by atoms with Crippen LogP contribution in [0.3, 0.4) is 0 Å². The summed E-state index contributed by atoms with van der Waals surface area (Å²) >= 11 is 0. The molecule has 0 aromatic rings. The first-order valence-corrected chi connectivity index (χ1v) is 10.6. The van der Waals surface area contributed by atoms with Crippen molar-refractivity contribution in [2.75, 3.05) is 0 Å². The summed E-state index contributed by atoms with van der Waals surface area (Å²) in [6.07, 6.45) is 13.1. The average Bonchev–Trinajstić information content (AvgIpc) is 2.85. The van der Waals surface area contributed by atoms with Gasteiger partial charge in [-0.3, -0.25) is 0 Å². The molecule has 0 radical (unpaired) electrons. The molecule has 23 heavy (non-hydrogen) atoms. The normalized spacial score (nSPS) is 56.1. The van der Waals surface area contributed by atoms with Crippen molar-refractivity contribution in [1.29, 1.82) is 0 Å². The molecule has 0 spiro atoms. The Balaban J connectivity index is 1.60. The van der Waals surface area contributed by atoms with E-state index in [4.69, 9.17) is 5.73 Å². The summed E-state index contributed by atoms with van der Waals surface area (Å²) in [7, 11) is 0. The van der Waals surface area contributed by atoms with Crippen molar-refractivity contribution in [3.8, 4) is 0 Å². The third kappa shape index (κ3) is 2.28. The zero-order valence-corrected chi connectivity index (χ0v) is 16.0. The van der Waals surface area contributed by atoms with E-state index < -0.39 is 0 Å². The van der Waals surface area contributed by atoms with E-state index in [1.165, 1.54) is 57.8 Å². The second kappa shape index (κ2) is 5.48. The molecule has 0 bridgehead atoms. The van der Waals surface area contributed by atoms with E-state index in [0.29, 0.717) is 16.9 Å². The maximum Gasteiger partial charge on any atom is 0.00418 e. The molecule has 2 N–H and O–H groups in total. The van der Waals surface area contributed by atoms with Gasteiger partial charge in [0.2, 0.25) is 0 Å². The lowest BCUT2D eigenvalue weighted by atomic mass is 9.44. The monoisotopic (exact) mass is 317 g/mol. The molecule has 1 nitrogen and oxygen atoms in total. The molecule has 0 saturated heterocycles. The molecular weight excluding hydrogens is 278 g/mol. The largest absolute Gasteiger partial charge is 0.328 e. The molecule has 0 amide bonds. The minimum absolute atomic E-state index is 0.496. The molecular formula is C22H39N. The van der Waals surface area contributed by atoms with Gasteiger partial charge in [0, 0.05) is 6.04 Å². The highest BCUT2D eigenvalue weighted by molar-refractivity contribution is 5.09. The zero-order valence-electron chi connectivity index (χ0n) is 16.0. The molecule has 1 heteroatoms. The van der Waals surface area contributed by atoms with Gasteiger partial charge in [0.15, 0.2) is 0 Å². The average molecular weight is 318 g/mol. The van der Waals surface area contributed by atoms with Crippen molar-refractivity contribution < 1.29 is 0 Å². The van der Waals surface area contributed by atoms with E-state index in [1.807, 2.05) is 0 Å². The lowest BCUT2D eigenvalue weighted by Gasteiger charge is -2.61. The number of nitrogens with two attached hydrogens (primary N) is 1. The van der Waals surface area contributed by atoms with Crippen LogP contribution in [-0.2, 0) is 0 Å². The summed E-state index contributed by atoms with van der Waals surface area (Å²) in [5, 5.41) is 0. The molecule has 8 atom stereocenters. The number of hydrogen-bond donors (Lipinski definition) is 1. The molecule has 0 aliphatic heterocycles. The van der Waals surface area contributed by atoms with E-state index in [-0.39, 0.29) is 0 Å². The molecule has 7 unspecified atom stereocenters. The topological polar surface area (TPSA) is 26.0 Å². The van der Waals surface area contributed by atoms with Crippen molar-refractivity contribution >= 4 is 0 Å². The van der Waals surface area contributed by atoms with Gasteiger partial charge in [-0.05, 0) is 104 Å². The number of fused-ring (bicyclic) bond motifs is 5. The van der Waals surface area contributed by atoms with E-state index in [9.17, 15) is 0 Å². The SMILES string of the molecule is CC(C)C1CCC2C3CC[C@H]4CC(N)CCC4(C)C3CCC12C. The minimum Gasteiger partial charge on any atom is -0.328 e. The lowest BCUT2D eigenvalue weighted by molar-refractivity contribution is -0.115. The first-order chi connectivity index (χ1) is 10.9. The smallest absolute Gasteiger partial charge is 0.00418 e. The van der Waals surface area contributed by atoms with Crippen molar-refractivity contribution in [3.63, 3.8) is 0 Å². The fourth-order valence-electron chi connectivity index (χ4n) is 8.43. The summed E-state index contributed by atoms with van der Waals surface area (Å²) in [6, 6.07) is 0.496. The summed E-state index contributed by atoms with van der Waals surface area (Å²) in [5.41, 5.74) is 7.60. The fraction of sp³-hybridized carbons (Fsp3) is 1.00. The predicted molar refractivity (Wildman–Crippen MR) is 98.0 cm³/mol.